The zero-order valence-corrected chi connectivity index (χ0v) is 46.8. The van der Waals surface area contributed by atoms with Crippen molar-refractivity contribution in [1.82, 2.24) is 10.3 Å². The van der Waals surface area contributed by atoms with Gasteiger partial charge in [-0.2, -0.15) is 0 Å². The van der Waals surface area contributed by atoms with Crippen molar-refractivity contribution in [1.29, 1.82) is 0 Å². The van der Waals surface area contributed by atoms with Crippen molar-refractivity contribution in [2.24, 2.45) is 12.5 Å². The summed E-state index contributed by atoms with van der Waals surface area (Å²) in [4.78, 5) is 19.9. The number of allylic oxidation sites excluding steroid dienone is 6. The Bertz CT molecular complexity index is 3140. The van der Waals surface area contributed by atoms with E-state index in [0.717, 1.165) is 77.2 Å². The Morgan fingerprint density at radius 3 is 2.33 bits per heavy atom. The molecule has 2 aliphatic rings. The molecule has 72 heavy (non-hydrogen) atoms. The van der Waals surface area contributed by atoms with Crippen LogP contribution in [0.5, 0.6) is 0 Å². The fraction of sp³-hybridized carbons (Fsp3) is 0.365. The molecule has 3 atom stereocenters. The van der Waals surface area contributed by atoms with E-state index in [-0.39, 0.29) is 42.1 Å². The number of amides is 1. The molecular weight excluding hydrogens is 1020 g/mol. The molecule has 0 fully saturated rings. The Kier molecular flexibility index (Phi) is 17.2. The molecule has 1 N–H and O–H groups in total. The zero-order chi connectivity index (χ0) is 50.0. The van der Waals surface area contributed by atoms with Crippen LogP contribution in [-0.2, 0) is 23.1 Å². The van der Waals surface area contributed by atoms with Crippen molar-refractivity contribution < 1.29 is 18.7 Å². The number of benzene rings is 4. The molecule has 4 aromatic carbocycles. The predicted octanol–water partition coefficient (Wildman–Crippen LogP) is 12.3. The molecule has 3 aromatic heterocycles. The summed E-state index contributed by atoms with van der Waals surface area (Å²) >= 11 is 0.505. The molecule has 3 unspecified atom stereocenters. The predicted molar refractivity (Wildman–Crippen MR) is 301 cm³/mol. The average molecular weight is 1090 g/mol. The number of anilines is 1. The minimum atomic E-state index is -0.433. The van der Waals surface area contributed by atoms with Gasteiger partial charge < -0.3 is 10.1 Å². The van der Waals surface area contributed by atoms with Crippen LogP contribution < -0.4 is 23.8 Å². The Hall–Kier alpha value is -5.40. The van der Waals surface area contributed by atoms with Gasteiger partial charge in [-0.05, 0) is 73.6 Å². The standard InChI is InChI=1S/C63H72N5O2Se2/c1-7-45(23-24-46(47-34-39-64-40-35-47)33-38-63(3,8-2)62(69)65-44-70-6)48-36-42-68(43-37-48)41-14-13-20-53-49(27-31-58-66(4)56-29-25-51-16-9-11-21-54(51)60(56)71-58)18-15-19-50(53)28-32-59-67(5)57-30-26-52-17-10-12-22-55(52)61(57)72-59/h9-12,16-17,21-22,25-32,34-37,39-40,42-43,45-46H,7-8,13-15,18-20,23-24,33,38,41,44H2,1-6H3/q+1/p+1. The van der Waals surface area contributed by atoms with Gasteiger partial charge in [0.05, 0.1) is 0 Å². The van der Waals surface area contributed by atoms with E-state index in [1.54, 1.807) is 12.7 Å². The molecule has 9 rings (SSSR count). The number of ether oxygens (including phenoxy) is 1. The number of rotatable bonds is 21. The van der Waals surface area contributed by atoms with Crippen molar-refractivity contribution in [3.8, 4) is 0 Å². The number of aryl methyl sites for hydroxylation is 2. The number of pyridine rings is 2. The monoisotopic (exact) mass is 1090 g/mol. The Labute approximate surface area is 440 Å². The molecule has 0 bridgehead atoms. The SMILES string of the molecule is CCC(CCC(CCC(C)(CC)C(=O)NCOC)c1ccncc1)c1cc[n+](CCCCC2=C(/C=C/c3[se]c4c5ccccc5ccc4[n+]3C)CCC/C2=C\C=C2/[Se]c3c(ccc4ccccc34)N2C)cc1. The summed E-state index contributed by atoms with van der Waals surface area (Å²) < 4.78 is 15.8. The van der Waals surface area contributed by atoms with E-state index >= 15 is 0 Å². The molecule has 0 saturated carbocycles. The van der Waals surface area contributed by atoms with Crippen LogP contribution in [0.3, 0.4) is 0 Å². The number of nitrogens with one attached hydrogen (secondary N) is 1. The van der Waals surface area contributed by atoms with Gasteiger partial charge in [-0.3, -0.25) is 9.78 Å². The number of methoxy groups -OCH3 is 1. The van der Waals surface area contributed by atoms with Crippen LogP contribution >= 0.6 is 0 Å². The van der Waals surface area contributed by atoms with Crippen LogP contribution in [0.15, 0.2) is 161 Å². The summed E-state index contributed by atoms with van der Waals surface area (Å²) in [5, 5.41) is 8.42. The van der Waals surface area contributed by atoms with E-state index < -0.39 is 5.41 Å². The van der Waals surface area contributed by atoms with E-state index in [4.69, 9.17) is 4.74 Å². The average Bonchev–Trinajstić information content (AvgIpc) is 3.93. The third-order valence-electron chi connectivity index (χ3n) is 15.8. The molecule has 1 aliphatic carbocycles. The summed E-state index contributed by atoms with van der Waals surface area (Å²) in [6, 6.07) is 36.0. The Morgan fingerprint density at radius 2 is 1.57 bits per heavy atom. The first kappa shape index (κ1) is 51.5. The van der Waals surface area contributed by atoms with Gasteiger partial charge in [-0.1, -0.05) is 20.8 Å². The van der Waals surface area contributed by atoms with Crippen LogP contribution in [0.4, 0.5) is 5.69 Å². The summed E-state index contributed by atoms with van der Waals surface area (Å²) in [5.74, 6) is 0.917. The zero-order valence-electron chi connectivity index (χ0n) is 43.3. The van der Waals surface area contributed by atoms with Crippen LogP contribution in [0.1, 0.15) is 125 Å². The van der Waals surface area contributed by atoms with E-state index in [0.29, 0.717) is 11.8 Å². The van der Waals surface area contributed by atoms with Gasteiger partial charge >= 0.3 is 292 Å². The summed E-state index contributed by atoms with van der Waals surface area (Å²) in [5.41, 5.74) is 9.61. The van der Waals surface area contributed by atoms with Gasteiger partial charge in [0.2, 0.25) is 5.91 Å². The van der Waals surface area contributed by atoms with Crippen molar-refractivity contribution >= 4 is 82.9 Å². The third-order valence-corrected chi connectivity index (χ3v) is 21.1. The molecular formula is C63H73N5O2Se2+2. The molecule has 0 radical (unpaired) electrons. The maximum atomic E-state index is 13.2. The fourth-order valence-corrected chi connectivity index (χ4v) is 16.0. The summed E-state index contributed by atoms with van der Waals surface area (Å²) in [6.45, 7) is 7.79. The number of fused-ring (bicyclic) bond motifs is 6. The van der Waals surface area contributed by atoms with E-state index in [1.807, 2.05) is 12.4 Å². The van der Waals surface area contributed by atoms with Crippen LogP contribution in [0.25, 0.3) is 37.4 Å². The molecule has 4 heterocycles. The van der Waals surface area contributed by atoms with Crippen molar-refractivity contribution in [2.75, 3.05) is 25.8 Å². The second kappa shape index (κ2) is 24.1. The van der Waals surface area contributed by atoms with Gasteiger partial charge in [0, 0.05) is 24.9 Å². The molecule has 9 heteroatoms. The van der Waals surface area contributed by atoms with Gasteiger partial charge in [-0.15, -0.1) is 0 Å². The van der Waals surface area contributed by atoms with Gasteiger partial charge in [0.1, 0.15) is 6.73 Å². The van der Waals surface area contributed by atoms with Crippen LogP contribution in [-0.4, -0.2) is 61.2 Å². The second-order valence-electron chi connectivity index (χ2n) is 20.2. The van der Waals surface area contributed by atoms with Gasteiger partial charge in [0.25, 0.3) is 0 Å². The molecule has 7 aromatic rings. The molecule has 7 nitrogen and oxygen atoms in total. The van der Waals surface area contributed by atoms with Crippen molar-refractivity contribution in [3.05, 3.63) is 177 Å². The summed E-state index contributed by atoms with van der Waals surface area (Å²) in [7, 11) is 6.12. The molecule has 1 amide bonds. The first-order valence-corrected chi connectivity index (χ1v) is 29.8. The Morgan fingerprint density at radius 1 is 0.847 bits per heavy atom. The van der Waals surface area contributed by atoms with E-state index in [2.05, 4.69) is 193 Å². The molecule has 0 spiro atoms. The number of aromatic nitrogens is 3. The van der Waals surface area contributed by atoms with Crippen LogP contribution in [0.2, 0.25) is 0 Å². The van der Waals surface area contributed by atoms with Gasteiger partial charge in [-0.25, -0.2) is 0 Å². The topological polar surface area (TPSA) is 62.2 Å². The Balaban J connectivity index is 0.891. The van der Waals surface area contributed by atoms with Crippen LogP contribution in [0, 0.1) is 5.41 Å². The second-order valence-corrected chi connectivity index (χ2v) is 24.5. The van der Waals surface area contributed by atoms with Gasteiger partial charge in [0.15, 0.2) is 0 Å². The minimum absolute atomic E-state index is 0.0736. The van der Waals surface area contributed by atoms with E-state index in [1.165, 1.54) is 79.3 Å². The quantitative estimate of drug-likeness (QED) is 0.0337. The van der Waals surface area contributed by atoms with Crippen molar-refractivity contribution in [2.45, 2.75) is 116 Å². The molecule has 0 saturated heterocycles. The number of nitrogens with zero attached hydrogens (tertiary/aromatic N) is 4. The van der Waals surface area contributed by atoms with Crippen molar-refractivity contribution in [3.63, 3.8) is 0 Å². The molecule has 372 valence electrons. The molecule has 1 aliphatic heterocycles. The normalized spacial score (nSPS) is 16.9. The number of hydrogen-bond donors (Lipinski definition) is 1. The van der Waals surface area contributed by atoms with E-state index in [9.17, 15) is 4.79 Å². The number of carbonyl (C=O) groups is 1. The fourth-order valence-electron chi connectivity index (χ4n) is 11.0. The number of hydrogen-bond acceptors (Lipinski definition) is 4. The first-order valence-electron chi connectivity index (χ1n) is 26.4. The maximum absolute atomic E-state index is 13.2. The number of carbonyl (C=O) groups excluding carboxylic acids is 1. The third kappa shape index (κ3) is 11.7. The number of unbranched alkanes of at least 4 members (excludes halogenated alkanes) is 1. The summed E-state index contributed by atoms with van der Waals surface area (Å²) in [6.07, 6.45) is 31.0. The first-order chi connectivity index (χ1) is 35.2.